The summed E-state index contributed by atoms with van der Waals surface area (Å²) < 4.78 is 38.1. The number of fused-ring (bicyclic) bond motifs is 1. The molecule has 3 rings (SSSR count). The Labute approximate surface area is 120 Å². The van der Waals surface area contributed by atoms with Crippen LogP contribution in [0.25, 0.3) is 0 Å². The summed E-state index contributed by atoms with van der Waals surface area (Å²) in [5.74, 6) is 1.47. The number of aryl methyl sites for hydroxylation is 1. The number of alkyl halides is 3. The Balaban J connectivity index is 1.74. The Morgan fingerprint density at radius 2 is 2.10 bits per heavy atom. The van der Waals surface area contributed by atoms with E-state index in [1.807, 2.05) is 6.92 Å². The van der Waals surface area contributed by atoms with Crippen molar-refractivity contribution in [1.82, 2.24) is 20.1 Å². The van der Waals surface area contributed by atoms with Crippen LogP contribution in [0.1, 0.15) is 28.3 Å². The lowest BCUT2D eigenvalue weighted by molar-refractivity contribution is -0.137. The van der Waals surface area contributed by atoms with Crippen LogP contribution in [0, 0.1) is 6.92 Å². The Morgan fingerprint density at radius 1 is 1.29 bits per heavy atom. The van der Waals surface area contributed by atoms with Crippen LogP contribution in [0.4, 0.5) is 13.2 Å². The first kappa shape index (κ1) is 14.1. The zero-order valence-electron chi connectivity index (χ0n) is 11.5. The molecule has 0 fully saturated rings. The lowest BCUT2D eigenvalue weighted by Gasteiger charge is -2.28. The molecule has 2 heterocycles. The number of H-pyrrole nitrogens is 1. The first-order valence-corrected chi connectivity index (χ1v) is 6.71. The van der Waals surface area contributed by atoms with Gasteiger partial charge in [-0.2, -0.15) is 18.3 Å². The third kappa shape index (κ3) is 3.07. The average molecular weight is 296 g/mol. The van der Waals surface area contributed by atoms with Gasteiger partial charge in [0.2, 0.25) is 0 Å². The number of hydrogen-bond donors (Lipinski definition) is 1. The molecule has 21 heavy (non-hydrogen) atoms. The molecule has 0 atom stereocenters. The number of aromatic amines is 1. The highest BCUT2D eigenvalue weighted by molar-refractivity contribution is 5.35. The summed E-state index contributed by atoms with van der Waals surface area (Å²) in [5, 5.41) is 6.87. The molecule has 7 heteroatoms. The summed E-state index contributed by atoms with van der Waals surface area (Å²) in [6, 6.07) is 4.00. The van der Waals surface area contributed by atoms with Gasteiger partial charge >= 0.3 is 6.18 Å². The molecule has 0 saturated carbocycles. The molecule has 1 aromatic heterocycles. The van der Waals surface area contributed by atoms with E-state index in [-0.39, 0.29) is 0 Å². The maximum atomic E-state index is 12.7. The highest BCUT2D eigenvalue weighted by atomic mass is 19.4. The van der Waals surface area contributed by atoms with Gasteiger partial charge in [-0.05, 0) is 36.6 Å². The van der Waals surface area contributed by atoms with Gasteiger partial charge in [0.25, 0.3) is 0 Å². The molecule has 1 aliphatic heterocycles. The maximum Gasteiger partial charge on any atom is 0.416 e. The molecule has 0 unspecified atom stereocenters. The van der Waals surface area contributed by atoms with Crippen molar-refractivity contribution in [1.29, 1.82) is 0 Å². The van der Waals surface area contributed by atoms with Gasteiger partial charge in [0, 0.05) is 13.1 Å². The van der Waals surface area contributed by atoms with Crippen molar-refractivity contribution in [2.45, 2.75) is 32.6 Å². The van der Waals surface area contributed by atoms with Crippen LogP contribution in [0.3, 0.4) is 0 Å². The van der Waals surface area contributed by atoms with Crippen molar-refractivity contribution in [2.24, 2.45) is 0 Å². The van der Waals surface area contributed by atoms with Gasteiger partial charge in [0.15, 0.2) is 5.82 Å². The molecule has 0 amide bonds. The molecule has 0 bridgehead atoms. The predicted octanol–water partition coefficient (Wildman–Crippen LogP) is 2.69. The normalized spacial score (nSPS) is 16.0. The van der Waals surface area contributed by atoms with E-state index in [1.165, 1.54) is 6.07 Å². The molecule has 1 aliphatic rings. The van der Waals surface area contributed by atoms with Gasteiger partial charge in [0.1, 0.15) is 5.82 Å². The van der Waals surface area contributed by atoms with E-state index in [0.717, 1.165) is 23.0 Å². The van der Waals surface area contributed by atoms with E-state index in [4.69, 9.17) is 0 Å². The second kappa shape index (κ2) is 5.14. The number of hydrogen-bond acceptors (Lipinski definition) is 3. The topological polar surface area (TPSA) is 44.8 Å². The molecule has 0 saturated heterocycles. The van der Waals surface area contributed by atoms with Crippen LogP contribution < -0.4 is 0 Å². The van der Waals surface area contributed by atoms with Crippen LogP contribution in [0.5, 0.6) is 0 Å². The number of halogens is 3. The molecule has 112 valence electrons. The summed E-state index contributed by atoms with van der Waals surface area (Å²) in [5.41, 5.74) is 1.16. The van der Waals surface area contributed by atoms with E-state index in [1.54, 1.807) is 6.07 Å². The van der Waals surface area contributed by atoms with Crippen LogP contribution in [-0.4, -0.2) is 26.6 Å². The Bertz CT molecular complexity index is 648. The summed E-state index contributed by atoms with van der Waals surface area (Å²) >= 11 is 0. The van der Waals surface area contributed by atoms with Gasteiger partial charge < -0.3 is 0 Å². The lowest BCUT2D eigenvalue weighted by atomic mass is 9.97. The second-order valence-electron chi connectivity index (χ2n) is 5.28. The van der Waals surface area contributed by atoms with Gasteiger partial charge in [-0.25, -0.2) is 4.98 Å². The van der Waals surface area contributed by atoms with E-state index in [9.17, 15) is 13.2 Å². The number of benzene rings is 1. The molecule has 1 aromatic carbocycles. The summed E-state index contributed by atoms with van der Waals surface area (Å²) in [6.45, 7) is 3.77. The Kier molecular flexibility index (Phi) is 3.44. The molecule has 0 radical (unpaired) electrons. The summed E-state index contributed by atoms with van der Waals surface area (Å²) in [6.07, 6.45) is -3.66. The summed E-state index contributed by atoms with van der Waals surface area (Å²) in [7, 11) is 0. The monoisotopic (exact) mass is 296 g/mol. The minimum Gasteiger partial charge on any atom is -0.291 e. The van der Waals surface area contributed by atoms with Gasteiger partial charge in [-0.15, -0.1) is 0 Å². The second-order valence-corrected chi connectivity index (χ2v) is 5.28. The zero-order valence-corrected chi connectivity index (χ0v) is 11.5. The average Bonchev–Trinajstić information content (AvgIpc) is 2.82. The van der Waals surface area contributed by atoms with Crippen molar-refractivity contribution in [3.05, 3.63) is 46.5 Å². The fourth-order valence-electron chi connectivity index (χ4n) is 2.58. The third-order valence-corrected chi connectivity index (χ3v) is 3.63. The van der Waals surface area contributed by atoms with Gasteiger partial charge in [0.05, 0.1) is 12.1 Å². The smallest absolute Gasteiger partial charge is 0.291 e. The van der Waals surface area contributed by atoms with Crippen LogP contribution in [-0.2, 0) is 25.7 Å². The fraction of sp³-hybridized carbons (Fsp3) is 0.429. The largest absolute Gasteiger partial charge is 0.416 e. The third-order valence-electron chi connectivity index (χ3n) is 3.63. The minimum atomic E-state index is -4.28. The standard InChI is InChI=1S/C14H15F3N4/c1-9-18-13(20-19-9)8-21-5-4-10-6-12(14(15,16)17)3-2-11(10)7-21/h2-3,6H,4-5,7-8H2,1H3,(H,18,19,20). The molecular formula is C14H15F3N4. The summed E-state index contributed by atoms with van der Waals surface area (Å²) in [4.78, 5) is 6.39. The SMILES string of the molecule is Cc1nc(CN2CCc3cc(C(F)(F)F)ccc3C2)n[nH]1. The van der Waals surface area contributed by atoms with E-state index < -0.39 is 11.7 Å². The Hall–Kier alpha value is -1.89. The van der Waals surface area contributed by atoms with Gasteiger partial charge in [-0.3, -0.25) is 10.00 Å². The first-order chi connectivity index (χ1) is 9.91. The molecule has 0 aliphatic carbocycles. The minimum absolute atomic E-state index is 0.570. The van der Waals surface area contributed by atoms with Crippen LogP contribution in [0.2, 0.25) is 0 Å². The number of nitrogens with one attached hydrogen (secondary N) is 1. The Morgan fingerprint density at radius 3 is 2.76 bits per heavy atom. The molecule has 4 nitrogen and oxygen atoms in total. The van der Waals surface area contributed by atoms with Crippen molar-refractivity contribution < 1.29 is 13.2 Å². The van der Waals surface area contributed by atoms with Crippen LogP contribution >= 0.6 is 0 Å². The van der Waals surface area contributed by atoms with Gasteiger partial charge in [-0.1, -0.05) is 6.07 Å². The number of nitrogens with zero attached hydrogens (tertiary/aromatic N) is 3. The molecule has 1 N–H and O–H groups in total. The van der Waals surface area contributed by atoms with E-state index in [0.29, 0.717) is 31.9 Å². The van der Waals surface area contributed by atoms with Crippen molar-refractivity contribution in [2.75, 3.05) is 6.54 Å². The van der Waals surface area contributed by atoms with Crippen molar-refractivity contribution in [3.8, 4) is 0 Å². The maximum absolute atomic E-state index is 12.7. The molecular weight excluding hydrogens is 281 g/mol. The quantitative estimate of drug-likeness (QED) is 0.926. The molecule has 2 aromatic rings. The first-order valence-electron chi connectivity index (χ1n) is 6.71. The van der Waals surface area contributed by atoms with E-state index in [2.05, 4.69) is 20.1 Å². The molecule has 0 spiro atoms. The van der Waals surface area contributed by atoms with Crippen molar-refractivity contribution >= 4 is 0 Å². The lowest BCUT2D eigenvalue weighted by Crippen LogP contribution is -2.30. The van der Waals surface area contributed by atoms with E-state index >= 15 is 0 Å². The number of aromatic nitrogens is 3. The highest BCUT2D eigenvalue weighted by Gasteiger charge is 2.31. The van der Waals surface area contributed by atoms with Crippen molar-refractivity contribution in [3.63, 3.8) is 0 Å². The fourth-order valence-corrected chi connectivity index (χ4v) is 2.58. The zero-order chi connectivity index (χ0) is 15.0. The predicted molar refractivity (Wildman–Crippen MR) is 70.4 cm³/mol. The highest BCUT2D eigenvalue weighted by Crippen LogP contribution is 2.32. The number of rotatable bonds is 2. The van der Waals surface area contributed by atoms with Crippen LogP contribution in [0.15, 0.2) is 18.2 Å².